The summed E-state index contributed by atoms with van der Waals surface area (Å²) in [7, 11) is 0. The Morgan fingerprint density at radius 1 is 0.688 bits per heavy atom. The van der Waals surface area contributed by atoms with Gasteiger partial charge < -0.3 is 0 Å². The fraction of sp³-hybridized carbons (Fsp3) is 0.833. The van der Waals surface area contributed by atoms with Gasteiger partial charge in [-0.25, -0.2) is 9.59 Å². The average Bonchev–Trinajstić information content (AvgIpc) is 2.30. The quantitative estimate of drug-likeness (QED) is 0.529. The molecule has 2 saturated carbocycles. The molecule has 2 fully saturated rings. The number of rotatable bonds is 2. The highest BCUT2D eigenvalue weighted by Crippen LogP contribution is 2.51. The second-order valence-electron chi connectivity index (χ2n) is 4.88. The summed E-state index contributed by atoms with van der Waals surface area (Å²) in [5, 5.41) is 0. The highest BCUT2D eigenvalue weighted by atomic mass is 16.1. The molecule has 0 atom stereocenters. The van der Waals surface area contributed by atoms with Gasteiger partial charge in [-0.2, -0.15) is 9.98 Å². The molecule has 16 heavy (non-hydrogen) atoms. The zero-order chi connectivity index (χ0) is 11.5. The van der Waals surface area contributed by atoms with Crippen molar-refractivity contribution in [3.05, 3.63) is 0 Å². The maximum Gasteiger partial charge on any atom is 0.235 e. The second kappa shape index (κ2) is 4.32. The third-order valence-electron chi connectivity index (χ3n) is 4.25. The first-order valence-corrected chi connectivity index (χ1v) is 5.97. The maximum absolute atomic E-state index is 10.6. The van der Waals surface area contributed by atoms with E-state index in [4.69, 9.17) is 0 Å². The number of fused-ring (bicyclic) bond motifs is 1. The van der Waals surface area contributed by atoms with Crippen LogP contribution in [0.4, 0.5) is 0 Å². The lowest BCUT2D eigenvalue weighted by Crippen LogP contribution is -2.55. The van der Waals surface area contributed by atoms with Gasteiger partial charge in [-0.05, 0) is 25.7 Å². The molecule has 2 rings (SSSR count). The van der Waals surface area contributed by atoms with Crippen molar-refractivity contribution in [1.29, 1.82) is 0 Å². The van der Waals surface area contributed by atoms with Crippen LogP contribution in [-0.4, -0.2) is 23.2 Å². The lowest BCUT2D eigenvalue weighted by molar-refractivity contribution is 0.0989. The number of nitrogens with zero attached hydrogens (tertiary/aromatic N) is 2. The summed E-state index contributed by atoms with van der Waals surface area (Å²) in [5.74, 6) is 0. The van der Waals surface area contributed by atoms with Crippen LogP contribution in [0.5, 0.6) is 0 Å². The monoisotopic (exact) mass is 220 g/mol. The Hall–Kier alpha value is -1.24. The van der Waals surface area contributed by atoms with Gasteiger partial charge in [0.05, 0.1) is 11.1 Å². The number of hydrogen-bond donors (Lipinski definition) is 0. The normalized spacial score (nSPS) is 37.8. The Labute approximate surface area is 94.9 Å². The first-order chi connectivity index (χ1) is 7.79. The molecule has 0 radical (unpaired) electrons. The van der Waals surface area contributed by atoms with Crippen molar-refractivity contribution in [1.82, 2.24) is 0 Å². The van der Waals surface area contributed by atoms with Gasteiger partial charge in [-0.15, -0.1) is 0 Å². The topological polar surface area (TPSA) is 58.9 Å². The molecule has 0 heterocycles. The molecule has 86 valence electrons. The van der Waals surface area contributed by atoms with Crippen LogP contribution in [0.3, 0.4) is 0 Å². The fourth-order valence-corrected chi connectivity index (χ4v) is 3.46. The zero-order valence-corrected chi connectivity index (χ0v) is 9.37. The summed E-state index contributed by atoms with van der Waals surface area (Å²) in [6.07, 6.45) is 11.0. The molecule has 0 aliphatic heterocycles. The molecular weight excluding hydrogens is 204 g/mol. The molecule has 0 bridgehead atoms. The number of hydrogen-bond acceptors (Lipinski definition) is 4. The van der Waals surface area contributed by atoms with E-state index in [1.165, 1.54) is 0 Å². The van der Waals surface area contributed by atoms with E-state index in [1.807, 2.05) is 0 Å². The molecule has 0 unspecified atom stereocenters. The smallest absolute Gasteiger partial charge is 0.211 e. The van der Waals surface area contributed by atoms with Crippen molar-refractivity contribution >= 4 is 12.2 Å². The van der Waals surface area contributed by atoms with E-state index in [0.29, 0.717) is 0 Å². The van der Waals surface area contributed by atoms with E-state index < -0.39 is 11.1 Å². The standard InChI is InChI=1S/C12H16N2O2/c15-9-13-11-5-1-2-6-12(11,14-10-16)8-4-3-7-11/h1-8H2. The molecule has 0 amide bonds. The SMILES string of the molecule is O=C=NC12CCCCC1(N=C=O)CCCC2. The van der Waals surface area contributed by atoms with Crippen LogP contribution in [0.1, 0.15) is 51.4 Å². The third-order valence-corrected chi connectivity index (χ3v) is 4.25. The molecule has 4 heteroatoms. The van der Waals surface area contributed by atoms with Crippen LogP contribution in [-0.2, 0) is 9.59 Å². The predicted octanol–water partition coefficient (Wildman–Crippen LogP) is 2.28. The summed E-state index contributed by atoms with van der Waals surface area (Å²) in [6.45, 7) is 0. The molecule has 4 nitrogen and oxygen atoms in total. The van der Waals surface area contributed by atoms with E-state index in [9.17, 15) is 9.59 Å². The number of carbonyl (C=O) groups excluding carboxylic acids is 2. The second-order valence-corrected chi connectivity index (χ2v) is 4.88. The average molecular weight is 220 g/mol. The molecule has 0 aromatic rings. The molecular formula is C12H16N2O2. The molecule has 0 N–H and O–H groups in total. The summed E-state index contributed by atoms with van der Waals surface area (Å²) >= 11 is 0. The van der Waals surface area contributed by atoms with Crippen molar-refractivity contribution in [2.75, 3.05) is 0 Å². The van der Waals surface area contributed by atoms with E-state index in [-0.39, 0.29) is 0 Å². The minimum Gasteiger partial charge on any atom is -0.211 e. The molecule has 0 spiro atoms. The molecule has 2 aliphatic carbocycles. The summed E-state index contributed by atoms with van der Waals surface area (Å²) in [4.78, 5) is 29.4. The van der Waals surface area contributed by atoms with Gasteiger partial charge in [0.1, 0.15) is 0 Å². The minimum atomic E-state index is -0.456. The predicted molar refractivity (Wildman–Crippen MR) is 58.6 cm³/mol. The van der Waals surface area contributed by atoms with Crippen molar-refractivity contribution in [3.8, 4) is 0 Å². The van der Waals surface area contributed by atoms with E-state index in [1.54, 1.807) is 12.2 Å². The highest BCUT2D eigenvalue weighted by Gasteiger charge is 2.54. The molecule has 2 aliphatic rings. The van der Waals surface area contributed by atoms with Crippen LogP contribution >= 0.6 is 0 Å². The van der Waals surface area contributed by atoms with Crippen molar-refractivity contribution < 1.29 is 9.59 Å². The van der Waals surface area contributed by atoms with Crippen LogP contribution in [0, 0.1) is 0 Å². The van der Waals surface area contributed by atoms with Crippen LogP contribution < -0.4 is 0 Å². The first-order valence-electron chi connectivity index (χ1n) is 5.97. The number of isocyanates is 2. The third kappa shape index (κ3) is 1.55. The van der Waals surface area contributed by atoms with Gasteiger partial charge in [0, 0.05) is 0 Å². The Morgan fingerprint density at radius 2 is 1.00 bits per heavy atom. The van der Waals surface area contributed by atoms with Gasteiger partial charge >= 0.3 is 0 Å². The molecule has 0 aromatic heterocycles. The molecule has 0 saturated heterocycles. The zero-order valence-electron chi connectivity index (χ0n) is 9.37. The van der Waals surface area contributed by atoms with Gasteiger partial charge in [0.2, 0.25) is 12.2 Å². The van der Waals surface area contributed by atoms with Crippen LogP contribution in [0.25, 0.3) is 0 Å². The lowest BCUT2D eigenvalue weighted by Gasteiger charge is -2.50. The van der Waals surface area contributed by atoms with Crippen molar-refractivity contribution in [3.63, 3.8) is 0 Å². The van der Waals surface area contributed by atoms with E-state index in [2.05, 4.69) is 9.98 Å². The number of aliphatic imine (C=N–C) groups is 2. The van der Waals surface area contributed by atoms with Gasteiger partial charge in [-0.1, -0.05) is 25.7 Å². The summed E-state index contributed by atoms with van der Waals surface area (Å²) in [5.41, 5.74) is -0.911. The summed E-state index contributed by atoms with van der Waals surface area (Å²) in [6, 6.07) is 0. The maximum atomic E-state index is 10.6. The minimum absolute atomic E-state index is 0.456. The van der Waals surface area contributed by atoms with Gasteiger partial charge in [0.15, 0.2) is 0 Å². The Morgan fingerprint density at radius 3 is 1.25 bits per heavy atom. The Bertz CT molecular complexity index is 317. The highest BCUT2D eigenvalue weighted by molar-refractivity contribution is 5.41. The van der Waals surface area contributed by atoms with Crippen LogP contribution in [0.2, 0.25) is 0 Å². The fourth-order valence-electron chi connectivity index (χ4n) is 3.46. The lowest BCUT2D eigenvalue weighted by atomic mass is 9.60. The van der Waals surface area contributed by atoms with Crippen molar-refractivity contribution in [2.24, 2.45) is 9.98 Å². The van der Waals surface area contributed by atoms with E-state index >= 15 is 0 Å². The first kappa shape index (κ1) is 11.3. The van der Waals surface area contributed by atoms with Gasteiger partial charge in [0.25, 0.3) is 0 Å². The van der Waals surface area contributed by atoms with Crippen LogP contribution in [0.15, 0.2) is 9.98 Å². The largest absolute Gasteiger partial charge is 0.235 e. The van der Waals surface area contributed by atoms with E-state index in [0.717, 1.165) is 51.4 Å². The Kier molecular flexibility index (Phi) is 3.04. The molecule has 0 aromatic carbocycles. The summed E-state index contributed by atoms with van der Waals surface area (Å²) < 4.78 is 0. The Balaban J connectivity index is 2.46. The van der Waals surface area contributed by atoms with Crippen molar-refractivity contribution in [2.45, 2.75) is 62.4 Å². The van der Waals surface area contributed by atoms with Gasteiger partial charge in [-0.3, -0.25) is 0 Å².